The van der Waals surface area contributed by atoms with Gasteiger partial charge in [-0.2, -0.15) is 0 Å². The molecule has 2 aliphatic rings. The minimum absolute atomic E-state index is 0.0823. The van der Waals surface area contributed by atoms with E-state index in [2.05, 4.69) is 34.1 Å². The summed E-state index contributed by atoms with van der Waals surface area (Å²) in [5.41, 5.74) is 3.91. The van der Waals surface area contributed by atoms with Gasteiger partial charge in [0.15, 0.2) is 0 Å². The van der Waals surface area contributed by atoms with E-state index in [0.29, 0.717) is 12.1 Å². The van der Waals surface area contributed by atoms with E-state index in [9.17, 15) is 9.59 Å². The Hall–Kier alpha value is -3.27. The predicted molar refractivity (Wildman–Crippen MR) is 133 cm³/mol. The molecule has 0 saturated carbocycles. The molecule has 3 aromatic rings. The second-order valence-corrected chi connectivity index (χ2v) is 9.49. The standard InChI is InChI=1S/C26H26N4O4S/c1-18-15-27-23(14-19-2-4-20(5-3-19)29-10-12-33-13-11-29)28-26(18)35-22-8-6-21(7-9-22)30-24(31)16-34-17-25(30)32/h2-9,15H,10-14,16-17H2,1H3. The lowest BCUT2D eigenvalue weighted by atomic mass is 10.1. The molecule has 2 aliphatic heterocycles. The molecule has 0 N–H and O–H groups in total. The highest BCUT2D eigenvalue weighted by Crippen LogP contribution is 2.30. The zero-order valence-electron chi connectivity index (χ0n) is 19.5. The number of imide groups is 1. The van der Waals surface area contributed by atoms with Gasteiger partial charge in [-0.1, -0.05) is 23.9 Å². The van der Waals surface area contributed by atoms with Gasteiger partial charge in [-0.25, -0.2) is 14.9 Å². The van der Waals surface area contributed by atoms with Crippen LogP contribution in [-0.2, 0) is 25.5 Å². The fraction of sp³-hybridized carbons (Fsp3) is 0.308. The zero-order chi connectivity index (χ0) is 24.2. The molecule has 35 heavy (non-hydrogen) atoms. The van der Waals surface area contributed by atoms with Gasteiger partial charge in [0, 0.05) is 36.3 Å². The number of carbonyl (C=O) groups excluding carboxylic acids is 2. The number of hydrogen-bond donors (Lipinski definition) is 0. The minimum Gasteiger partial charge on any atom is -0.378 e. The van der Waals surface area contributed by atoms with Crippen LogP contribution < -0.4 is 9.80 Å². The quantitative estimate of drug-likeness (QED) is 0.385. The van der Waals surface area contributed by atoms with Crippen molar-refractivity contribution in [1.82, 2.24) is 9.97 Å². The Labute approximate surface area is 208 Å². The first-order chi connectivity index (χ1) is 17.1. The van der Waals surface area contributed by atoms with Crippen molar-refractivity contribution in [2.45, 2.75) is 23.3 Å². The van der Waals surface area contributed by atoms with E-state index in [-0.39, 0.29) is 25.0 Å². The molecule has 8 nitrogen and oxygen atoms in total. The Morgan fingerprint density at radius 2 is 1.54 bits per heavy atom. The molecule has 0 unspecified atom stereocenters. The maximum Gasteiger partial charge on any atom is 0.259 e. The van der Waals surface area contributed by atoms with Crippen LogP contribution in [0.5, 0.6) is 0 Å². The summed E-state index contributed by atoms with van der Waals surface area (Å²) in [4.78, 5) is 37.9. The van der Waals surface area contributed by atoms with E-state index in [1.807, 2.05) is 25.3 Å². The van der Waals surface area contributed by atoms with E-state index in [1.165, 1.54) is 22.3 Å². The van der Waals surface area contributed by atoms with E-state index >= 15 is 0 Å². The number of hydrogen-bond acceptors (Lipinski definition) is 8. The van der Waals surface area contributed by atoms with Crippen LogP contribution in [0.2, 0.25) is 0 Å². The summed E-state index contributed by atoms with van der Waals surface area (Å²) in [6.45, 7) is 5.20. The van der Waals surface area contributed by atoms with Gasteiger partial charge < -0.3 is 14.4 Å². The van der Waals surface area contributed by atoms with Crippen molar-refractivity contribution >= 4 is 35.0 Å². The van der Waals surface area contributed by atoms with Gasteiger partial charge in [-0.3, -0.25) is 9.59 Å². The third-order valence-corrected chi connectivity index (χ3v) is 7.02. The van der Waals surface area contributed by atoms with Gasteiger partial charge in [0.25, 0.3) is 11.8 Å². The number of carbonyl (C=O) groups is 2. The summed E-state index contributed by atoms with van der Waals surface area (Å²) in [5, 5.41) is 0.881. The smallest absolute Gasteiger partial charge is 0.259 e. The predicted octanol–water partition coefficient (Wildman–Crippen LogP) is 3.25. The van der Waals surface area contributed by atoms with Gasteiger partial charge in [0.2, 0.25) is 0 Å². The highest BCUT2D eigenvalue weighted by molar-refractivity contribution is 7.99. The van der Waals surface area contributed by atoms with Crippen molar-refractivity contribution in [3.63, 3.8) is 0 Å². The first-order valence-electron chi connectivity index (χ1n) is 11.5. The molecule has 2 aromatic carbocycles. The lowest BCUT2D eigenvalue weighted by Gasteiger charge is -2.28. The monoisotopic (exact) mass is 490 g/mol. The Kier molecular flexibility index (Phi) is 7.08. The van der Waals surface area contributed by atoms with Crippen LogP contribution in [0.15, 0.2) is 64.6 Å². The fourth-order valence-electron chi connectivity index (χ4n) is 4.03. The Morgan fingerprint density at radius 1 is 0.886 bits per heavy atom. The SMILES string of the molecule is Cc1cnc(Cc2ccc(N3CCOCC3)cc2)nc1Sc1ccc(N2C(=O)COCC2=O)cc1. The van der Waals surface area contributed by atoms with Crippen molar-refractivity contribution in [2.24, 2.45) is 0 Å². The van der Waals surface area contributed by atoms with Crippen molar-refractivity contribution in [3.05, 3.63) is 71.7 Å². The maximum atomic E-state index is 12.1. The first-order valence-corrected chi connectivity index (χ1v) is 12.3. The molecule has 0 spiro atoms. The Bertz CT molecular complexity index is 1200. The molecule has 9 heteroatoms. The molecule has 1 aromatic heterocycles. The second kappa shape index (κ2) is 10.6. The zero-order valence-corrected chi connectivity index (χ0v) is 20.3. The molecule has 0 aliphatic carbocycles. The van der Waals surface area contributed by atoms with Crippen molar-refractivity contribution < 1.29 is 19.1 Å². The number of anilines is 2. The number of benzene rings is 2. The summed E-state index contributed by atoms with van der Waals surface area (Å²) in [7, 11) is 0. The first kappa shape index (κ1) is 23.5. The Morgan fingerprint density at radius 3 is 2.23 bits per heavy atom. The highest BCUT2D eigenvalue weighted by atomic mass is 32.2. The average Bonchev–Trinajstić information content (AvgIpc) is 2.88. The van der Waals surface area contributed by atoms with Crippen molar-refractivity contribution in [1.29, 1.82) is 0 Å². The molecular weight excluding hydrogens is 464 g/mol. The number of amides is 2. The van der Waals surface area contributed by atoms with Gasteiger partial charge in [-0.05, 0) is 54.4 Å². The normalized spacial score (nSPS) is 16.6. The molecule has 0 radical (unpaired) electrons. The molecule has 180 valence electrons. The number of ether oxygens (including phenoxy) is 2. The second-order valence-electron chi connectivity index (χ2n) is 8.43. The number of aromatic nitrogens is 2. The molecule has 2 fully saturated rings. The largest absolute Gasteiger partial charge is 0.378 e. The van der Waals surface area contributed by atoms with Crippen LogP contribution in [0.1, 0.15) is 17.0 Å². The third-order valence-electron chi connectivity index (χ3n) is 5.91. The van der Waals surface area contributed by atoms with Crippen molar-refractivity contribution in [2.75, 3.05) is 49.3 Å². The summed E-state index contributed by atoms with van der Waals surface area (Å²) in [6.07, 6.45) is 2.50. The number of aryl methyl sites for hydroxylation is 1. The topological polar surface area (TPSA) is 84.9 Å². The summed E-state index contributed by atoms with van der Waals surface area (Å²) in [6, 6.07) is 15.9. The molecule has 0 bridgehead atoms. The maximum absolute atomic E-state index is 12.1. The molecular formula is C26H26N4O4S. The third kappa shape index (κ3) is 5.53. The molecule has 0 atom stereocenters. The number of morpholine rings is 2. The molecule has 3 heterocycles. The minimum atomic E-state index is -0.351. The summed E-state index contributed by atoms with van der Waals surface area (Å²) < 4.78 is 10.4. The van der Waals surface area contributed by atoms with Crippen LogP contribution in [0, 0.1) is 6.92 Å². The van der Waals surface area contributed by atoms with E-state index in [4.69, 9.17) is 14.5 Å². The molecule has 2 amide bonds. The summed E-state index contributed by atoms with van der Waals surface area (Å²) in [5.74, 6) is 0.0604. The van der Waals surface area contributed by atoms with Gasteiger partial charge in [0.1, 0.15) is 24.1 Å². The van der Waals surface area contributed by atoms with Gasteiger partial charge in [0.05, 0.1) is 18.9 Å². The fourth-order valence-corrected chi connectivity index (χ4v) is 4.89. The van der Waals surface area contributed by atoms with E-state index in [0.717, 1.165) is 53.2 Å². The van der Waals surface area contributed by atoms with Crippen LogP contribution in [0.3, 0.4) is 0 Å². The number of nitrogens with zero attached hydrogens (tertiary/aromatic N) is 4. The van der Waals surface area contributed by atoms with E-state index < -0.39 is 0 Å². The van der Waals surface area contributed by atoms with Crippen LogP contribution in [0.4, 0.5) is 11.4 Å². The van der Waals surface area contributed by atoms with Gasteiger partial charge in [-0.15, -0.1) is 0 Å². The lowest BCUT2D eigenvalue weighted by molar-refractivity contribution is -0.138. The number of rotatable bonds is 6. The van der Waals surface area contributed by atoms with Crippen molar-refractivity contribution in [3.8, 4) is 0 Å². The van der Waals surface area contributed by atoms with Crippen LogP contribution in [0.25, 0.3) is 0 Å². The highest BCUT2D eigenvalue weighted by Gasteiger charge is 2.28. The molecule has 2 saturated heterocycles. The lowest BCUT2D eigenvalue weighted by Crippen LogP contribution is -2.46. The van der Waals surface area contributed by atoms with Crippen LogP contribution >= 0.6 is 11.8 Å². The Balaban J connectivity index is 1.26. The summed E-state index contributed by atoms with van der Waals surface area (Å²) >= 11 is 1.53. The molecule has 5 rings (SSSR count). The van der Waals surface area contributed by atoms with Crippen LogP contribution in [-0.4, -0.2) is 61.3 Å². The van der Waals surface area contributed by atoms with Gasteiger partial charge >= 0.3 is 0 Å². The average molecular weight is 491 g/mol. The van der Waals surface area contributed by atoms with E-state index in [1.54, 1.807) is 12.1 Å².